The number of fused-ring (bicyclic) bond motifs is 8. The van der Waals surface area contributed by atoms with Crippen LogP contribution in [0, 0.1) is 0 Å². The number of nitrogens with zero attached hydrogens (tertiary/aromatic N) is 2. The number of allylic oxidation sites excluding steroid dienone is 1. The third-order valence-electron chi connectivity index (χ3n) is 10.5. The largest absolute Gasteiger partial charge is 0.293 e. The topological polar surface area (TPSA) is 17.8 Å². The molecule has 2 heteroatoms. The summed E-state index contributed by atoms with van der Waals surface area (Å²) in [6, 6.07) is 48.5. The Kier molecular flexibility index (Phi) is 5.43. The molecule has 0 atom stereocenters. The Balaban J connectivity index is 1.35. The van der Waals surface area contributed by atoms with Gasteiger partial charge in [0.1, 0.15) is 5.82 Å². The normalized spacial score (nSPS) is 14.2. The lowest BCUT2D eigenvalue weighted by molar-refractivity contribution is 0.666. The van der Waals surface area contributed by atoms with E-state index in [1.807, 2.05) is 0 Å². The molecule has 2 heterocycles. The summed E-state index contributed by atoms with van der Waals surface area (Å²) in [5.41, 5.74) is 15.1. The van der Waals surface area contributed by atoms with Crippen LogP contribution in [0.2, 0.25) is 0 Å². The van der Waals surface area contributed by atoms with Gasteiger partial charge in [-0.1, -0.05) is 129 Å². The molecule has 8 aromatic rings. The van der Waals surface area contributed by atoms with Gasteiger partial charge >= 0.3 is 0 Å². The Labute approximate surface area is 274 Å². The van der Waals surface area contributed by atoms with E-state index in [0.717, 1.165) is 29.1 Å². The number of para-hydroxylation sites is 1. The highest BCUT2D eigenvalue weighted by atomic mass is 15.1. The summed E-state index contributed by atoms with van der Waals surface area (Å²) in [5, 5.41) is 5.31. The SMILES string of the molecule is CC1(C)c2ccccc2-c2cc3c4c(c5c(cc4c21)c1ccccc1n5-c1cc(-c2ccccc2)cc(-c2ccccc2)n1)CC=C3. The van der Waals surface area contributed by atoms with Crippen LogP contribution >= 0.6 is 0 Å². The summed E-state index contributed by atoms with van der Waals surface area (Å²) in [6.07, 6.45) is 5.57. The van der Waals surface area contributed by atoms with E-state index in [2.05, 4.69) is 164 Å². The van der Waals surface area contributed by atoms with Crippen LogP contribution in [0.4, 0.5) is 0 Å². The van der Waals surface area contributed by atoms with Crippen molar-refractivity contribution in [2.75, 3.05) is 0 Å². The van der Waals surface area contributed by atoms with Crippen LogP contribution in [0.25, 0.3) is 78.0 Å². The summed E-state index contributed by atoms with van der Waals surface area (Å²) in [6.45, 7) is 4.80. The molecular formula is C45H32N2. The van der Waals surface area contributed by atoms with Gasteiger partial charge in [0.2, 0.25) is 0 Å². The third kappa shape index (κ3) is 3.70. The van der Waals surface area contributed by atoms with Crippen molar-refractivity contribution in [1.29, 1.82) is 0 Å². The second kappa shape index (κ2) is 9.64. The Morgan fingerprint density at radius 2 is 1.34 bits per heavy atom. The maximum atomic E-state index is 5.42. The number of benzene rings is 6. The summed E-state index contributed by atoms with van der Waals surface area (Å²) < 4.78 is 2.44. The Morgan fingerprint density at radius 1 is 0.617 bits per heavy atom. The van der Waals surface area contributed by atoms with Crippen molar-refractivity contribution in [2.45, 2.75) is 25.7 Å². The van der Waals surface area contributed by atoms with E-state index in [9.17, 15) is 0 Å². The van der Waals surface area contributed by atoms with E-state index in [0.29, 0.717) is 0 Å². The van der Waals surface area contributed by atoms with Crippen molar-refractivity contribution < 1.29 is 0 Å². The van der Waals surface area contributed by atoms with E-state index in [1.54, 1.807) is 0 Å². The van der Waals surface area contributed by atoms with Gasteiger partial charge in [-0.3, -0.25) is 4.57 Å². The lowest BCUT2D eigenvalue weighted by Gasteiger charge is -2.26. The number of aromatic nitrogens is 2. The highest BCUT2D eigenvalue weighted by Gasteiger charge is 2.38. The van der Waals surface area contributed by atoms with Crippen LogP contribution in [-0.2, 0) is 11.8 Å². The van der Waals surface area contributed by atoms with Crippen LogP contribution < -0.4 is 0 Å². The molecule has 0 spiro atoms. The molecule has 10 rings (SSSR count). The minimum atomic E-state index is -0.0922. The molecule has 2 nitrogen and oxygen atoms in total. The van der Waals surface area contributed by atoms with E-state index in [1.165, 1.54) is 71.5 Å². The molecule has 6 aromatic carbocycles. The van der Waals surface area contributed by atoms with Gasteiger partial charge in [0.25, 0.3) is 0 Å². The molecule has 2 aromatic heterocycles. The van der Waals surface area contributed by atoms with Crippen molar-refractivity contribution in [3.8, 4) is 39.3 Å². The highest BCUT2D eigenvalue weighted by molar-refractivity contribution is 6.19. The predicted molar refractivity (Wildman–Crippen MR) is 197 cm³/mol. The van der Waals surface area contributed by atoms with Crippen LogP contribution in [0.15, 0.2) is 140 Å². The zero-order valence-corrected chi connectivity index (χ0v) is 26.5. The third-order valence-corrected chi connectivity index (χ3v) is 10.5. The number of pyridine rings is 1. The first kappa shape index (κ1) is 26.5. The molecule has 0 N–H and O–H groups in total. The maximum absolute atomic E-state index is 5.42. The van der Waals surface area contributed by atoms with E-state index in [4.69, 9.17) is 4.98 Å². The van der Waals surface area contributed by atoms with Gasteiger partial charge in [-0.05, 0) is 92.0 Å². The highest BCUT2D eigenvalue weighted by Crippen LogP contribution is 2.54. The van der Waals surface area contributed by atoms with Crippen LogP contribution in [0.1, 0.15) is 36.1 Å². The Bertz CT molecular complexity index is 2540. The Hall–Kier alpha value is -5.73. The van der Waals surface area contributed by atoms with Gasteiger partial charge < -0.3 is 0 Å². The molecule has 0 saturated carbocycles. The predicted octanol–water partition coefficient (Wildman–Crippen LogP) is 11.5. The summed E-state index contributed by atoms with van der Waals surface area (Å²) in [4.78, 5) is 5.42. The standard InChI is InChI=1S/C45H32N2/c1-45(2)38-22-11-9-19-32(38)35-24-30-18-13-21-34-42(30)37(43(35)45)27-36-33-20-10-12-23-40(33)47(44(34)36)41-26-31(28-14-5-3-6-15-28)25-39(46-41)29-16-7-4-8-17-29/h3-20,22-27H,21H2,1-2H3. The zero-order valence-electron chi connectivity index (χ0n) is 26.5. The van der Waals surface area contributed by atoms with Gasteiger partial charge in [-0.25, -0.2) is 4.98 Å². The fourth-order valence-corrected chi connectivity index (χ4v) is 8.52. The molecule has 0 fully saturated rings. The molecule has 0 bridgehead atoms. The molecule has 2 aliphatic rings. The number of hydrogen-bond donors (Lipinski definition) is 0. The second-order valence-corrected chi connectivity index (χ2v) is 13.5. The molecule has 0 radical (unpaired) electrons. The number of rotatable bonds is 3. The molecule has 222 valence electrons. The van der Waals surface area contributed by atoms with Crippen molar-refractivity contribution in [1.82, 2.24) is 9.55 Å². The monoisotopic (exact) mass is 600 g/mol. The first-order valence-electron chi connectivity index (χ1n) is 16.5. The van der Waals surface area contributed by atoms with Crippen molar-refractivity contribution in [3.63, 3.8) is 0 Å². The molecule has 2 aliphatic carbocycles. The lowest BCUT2D eigenvalue weighted by Crippen LogP contribution is -2.16. The molecule has 0 amide bonds. The van der Waals surface area contributed by atoms with Crippen molar-refractivity contribution in [3.05, 3.63) is 162 Å². The average Bonchev–Trinajstić information content (AvgIpc) is 3.58. The Morgan fingerprint density at radius 3 is 2.17 bits per heavy atom. The minimum Gasteiger partial charge on any atom is -0.293 e. The van der Waals surface area contributed by atoms with Crippen molar-refractivity contribution >= 4 is 38.7 Å². The second-order valence-electron chi connectivity index (χ2n) is 13.5. The zero-order chi connectivity index (χ0) is 31.3. The fraction of sp³-hybridized carbons (Fsp3) is 0.0889. The molecule has 0 saturated heterocycles. The first-order valence-corrected chi connectivity index (χ1v) is 16.5. The molecule has 0 aliphatic heterocycles. The van der Waals surface area contributed by atoms with E-state index >= 15 is 0 Å². The molecule has 0 unspecified atom stereocenters. The maximum Gasteiger partial charge on any atom is 0.138 e. The summed E-state index contributed by atoms with van der Waals surface area (Å²) >= 11 is 0. The van der Waals surface area contributed by atoms with Gasteiger partial charge in [0.15, 0.2) is 0 Å². The first-order chi connectivity index (χ1) is 23.1. The lowest BCUT2D eigenvalue weighted by atomic mass is 9.78. The summed E-state index contributed by atoms with van der Waals surface area (Å²) in [7, 11) is 0. The van der Waals surface area contributed by atoms with Gasteiger partial charge in [-0.15, -0.1) is 0 Å². The van der Waals surface area contributed by atoms with Gasteiger partial charge in [-0.2, -0.15) is 0 Å². The smallest absolute Gasteiger partial charge is 0.138 e. The van der Waals surface area contributed by atoms with Crippen LogP contribution in [0.5, 0.6) is 0 Å². The van der Waals surface area contributed by atoms with Gasteiger partial charge in [0, 0.05) is 21.8 Å². The molecular weight excluding hydrogens is 569 g/mol. The van der Waals surface area contributed by atoms with Gasteiger partial charge in [0.05, 0.1) is 16.7 Å². The van der Waals surface area contributed by atoms with Crippen LogP contribution in [0.3, 0.4) is 0 Å². The summed E-state index contributed by atoms with van der Waals surface area (Å²) in [5.74, 6) is 0.942. The van der Waals surface area contributed by atoms with E-state index in [-0.39, 0.29) is 5.41 Å². The number of hydrogen-bond acceptors (Lipinski definition) is 1. The quantitative estimate of drug-likeness (QED) is 0.197. The average molecular weight is 601 g/mol. The fourth-order valence-electron chi connectivity index (χ4n) is 8.52. The molecule has 47 heavy (non-hydrogen) atoms. The minimum absolute atomic E-state index is 0.0922. The van der Waals surface area contributed by atoms with E-state index < -0.39 is 0 Å². The van der Waals surface area contributed by atoms with Crippen LogP contribution in [-0.4, -0.2) is 9.55 Å². The van der Waals surface area contributed by atoms with Crippen molar-refractivity contribution in [2.24, 2.45) is 0 Å².